The molecule has 0 spiro atoms. The van der Waals surface area contributed by atoms with E-state index >= 15 is 0 Å². The molecule has 3 nitrogen and oxygen atoms in total. The Hall–Kier alpha value is 0.230. The summed E-state index contributed by atoms with van der Waals surface area (Å²) in [5.74, 6) is 0. The summed E-state index contributed by atoms with van der Waals surface area (Å²) in [5, 5.41) is 4.24. The Labute approximate surface area is 84.2 Å². The Kier molecular flexibility index (Phi) is 3.49. The van der Waals surface area contributed by atoms with Gasteiger partial charge in [0.2, 0.25) is 0 Å². The van der Waals surface area contributed by atoms with Crippen molar-refractivity contribution in [1.29, 1.82) is 0 Å². The fourth-order valence-corrected chi connectivity index (χ4v) is 3.02. The van der Waals surface area contributed by atoms with Crippen LogP contribution in [0.4, 0.5) is 0 Å². The number of rotatable bonds is 2. The quantitative estimate of drug-likeness (QED) is 0.682. The Morgan fingerprint density at radius 1 is 1.31 bits per heavy atom. The summed E-state index contributed by atoms with van der Waals surface area (Å²) in [6.45, 7) is 6.39. The molecule has 76 valence electrons. The van der Waals surface area contributed by atoms with Gasteiger partial charge in [0, 0.05) is 37.5 Å². The van der Waals surface area contributed by atoms with Gasteiger partial charge in [0.1, 0.15) is 0 Å². The molecule has 0 aromatic heterocycles. The van der Waals surface area contributed by atoms with E-state index in [9.17, 15) is 0 Å². The number of thioether (sulfide) groups is 1. The Bertz CT molecular complexity index is 162. The summed E-state index contributed by atoms with van der Waals surface area (Å²) in [6, 6.07) is 0.735. The van der Waals surface area contributed by atoms with Gasteiger partial charge in [-0.1, -0.05) is 0 Å². The van der Waals surface area contributed by atoms with Crippen molar-refractivity contribution in [3.63, 3.8) is 0 Å². The molecule has 0 bridgehead atoms. The fraction of sp³-hybridized carbons (Fsp3) is 1.00. The molecule has 1 N–H and O–H groups in total. The van der Waals surface area contributed by atoms with Gasteiger partial charge in [-0.25, -0.2) is 0 Å². The zero-order valence-corrected chi connectivity index (χ0v) is 8.98. The third kappa shape index (κ3) is 2.18. The average Bonchev–Trinajstić information content (AvgIpc) is 2.67. The number of ether oxygens (including phenoxy) is 1. The van der Waals surface area contributed by atoms with Crippen LogP contribution in [0.5, 0.6) is 0 Å². The minimum Gasteiger partial charge on any atom is -0.379 e. The summed E-state index contributed by atoms with van der Waals surface area (Å²) in [7, 11) is 0. The van der Waals surface area contributed by atoms with Crippen molar-refractivity contribution in [3.8, 4) is 0 Å². The van der Waals surface area contributed by atoms with Gasteiger partial charge in [0.15, 0.2) is 0 Å². The van der Waals surface area contributed by atoms with Crippen molar-refractivity contribution in [3.05, 3.63) is 0 Å². The molecule has 2 unspecified atom stereocenters. The number of hydrogen-bond donors (Lipinski definition) is 1. The van der Waals surface area contributed by atoms with Crippen LogP contribution in [0.1, 0.15) is 0 Å². The van der Waals surface area contributed by atoms with Crippen molar-refractivity contribution >= 4 is 11.8 Å². The first-order valence-electron chi connectivity index (χ1n) is 4.97. The molecule has 0 amide bonds. The second-order valence-electron chi connectivity index (χ2n) is 3.65. The highest BCUT2D eigenvalue weighted by molar-refractivity contribution is 7.99. The normalized spacial score (nSPS) is 36.7. The molecule has 4 heteroatoms. The van der Waals surface area contributed by atoms with Gasteiger partial charge in [-0.05, 0) is 6.26 Å². The maximum Gasteiger partial charge on any atom is 0.0594 e. The first-order valence-corrected chi connectivity index (χ1v) is 6.26. The van der Waals surface area contributed by atoms with Gasteiger partial charge >= 0.3 is 0 Å². The predicted octanol–water partition coefficient (Wildman–Crippen LogP) is 0.0220. The van der Waals surface area contributed by atoms with Crippen LogP contribution < -0.4 is 5.32 Å². The fourth-order valence-electron chi connectivity index (χ4n) is 2.15. The van der Waals surface area contributed by atoms with E-state index in [0.29, 0.717) is 0 Å². The maximum atomic E-state index is 5.36. The zero-order chi connectivity index (χ0) is 9.10. The van der Waals surface area contributed by atoms with Gasteiger partial charge in [0.05, 0.1) is 13.2 Å². The molecule has 0 saturated carbocycles. The van der Waals surface area contributed by atoms with E-state index in [0.717, 1.165) is 44.1 Å². The third-order valence-electron chi connectivity index (χ3n) is 2.95. The van der Waals surface area contributed by atoms with Crippen molar-refractivity contribution in [1.82, 2.24) is 10.2 Å². The summed E-state index contributed by atoms with van der Waals surface area (Å²) >= 11 is 1.99. The van der Waals surface area contributed by atoms with Crippen molar-refractivity contribution in [2.45, 2.75) is 11.3 Å². The largest absolute Gasteiger partial charge is 0.379 e. The molecule has 2 aliphatic heterocycles. The van der Waals surface area contributed by atoms with Crippen LogP contribution in [-0.4, -0.2) is 61.8 Å². The van der Waals surface area contributed by atoms with Crippen LogP contribution in [0, 0.1) is 0 Å². The summed E-state index contributed by atoms with van der Waals surface area (Å²) in [6.07, 6.45) is 2.21. The number of nitrogens with zero attached hydrogens (tertiary/aromatic N) is 1. The minimum atomic E-state index is 0.735. The van der Waals surface area contributed by atoms with E-state index in [2.05, 4.69) is 16.5 Å². The molecule has 13 heavy (non-hydrogen) atoms. The molecule has 2 heterocycles. The molecule has 2 aliphatic rings. The lowest BCUT2D eigenvalue weighted by atomic mass is 10.2. The zero-order valence-electron chi connectivity index (χ0n) is 8.16. The second kappa shape index (κ2) is 4.64. The molecule has 2 saturated heterocycles. The van der Waals surface area contributed by atoms with Gasteiger partial charge < -0.3 is 10.1 Å². The lowest BCUT2D eigenvalue weighted by Gasteiger charge is -2.34. The van der Waals surface area contributed by atoms with Crippen LogP contribution in [0.15, 0.2) is 0 Å². The first kappa shape index (κ1) is 9.77. The van der Waals surface area contributed by atoms with Crippen molar-refractivity contribution in [2.75, 3.05) is 45.6 Å². The molecule has 2 atom stereocenters. The van der Waals surface area contributed by atoms with Crippen molar-refractivity contribution in [2.24, 2.45) is 0 Å². The maximum absolute atomic E-state index is 5.36. The standard InChI is InChI=1S/C9H18N2OS/c1-13-9-7-10-6-8(9)11-2-4-12-5-3-11/h8-10H,2-7H2,1H3. The minimum absolute atomic E-state index is 0.735. The van der Waals surface area contributed by atoms with Gasteiger partial charge in [-0.2, -0.15) is 11.8 Å². The van der Waals surface area contributed by atoms with Crippen LogP contribution in [0.3, 0.4) is 0 Å². The average molecular weight is 202 g/mol. The summed E-state index contributed by atoms with van der Waals surface area (Å²) < 4.78 is 5.36. The van der Waals surface area contributed by atoms with Crippen LogP contribution in [0.25, 0.3) is 0 Å². The number of nitrogens with one attached hydrogen (secondary N) is 1. The van der Waals surface area contributed by atoms with E-state index in [-0.39, 0.29) is 0 Å². The smallest absolute Gasteiger partial charge is 0.0594 e. The highest BCUT2D eigenvalue weighted by atomic mass is 32.2. The van der Waals surface area contributed by atoms with Crippen LogP contribution >= 0.6 is 11.8 Å². The van der Waals surface area contributed by atoms with Crippen molar-refractivity contribution < 1.29 is 4.74 Å². The Balaban J connectivity index is 1.90. The van der Waals surface area contributed by atoms with Gasteiger partial charge in [-0.3, -0.25) is 4.90 Å². The SMILES string of the molecule is CSC1CNCC1N1CCOCC1. The molecule has 0 aromatic carbocycles. The summed E-state index contributed by atoms with van der Waals surface area (Å²) in [4.78, 5) is 2.57. The van der Waals surface area contributed by atoms with Crippen LogP contribution in [-0.2, 0) is 4.74 Å². The van der Waals surface area contributed by atoms with E-state index in [4.69, 9.17) is 4.74 Å². The molecule has 0 radical (unpaired) electrons. The summed E-state index contributed by atoms with van der Waals surface area (Å²) in [5.41, 5.74) is 0. The highest BCUT2D eigenvalue weighted by Gasteiger charge is 2.31. The predicted molar refractivity (Wildman–Crippen MR) is 56.4 cm³/mol. The first-order chi connectivity index (χ1) is 6.42. The highest BCUT2D eigenvalue weighted by Crippen LogP contribution is 2.20. The Morgan fingerprint density at radius 3 is 2.77 bits per heavy atom. The molecule has 0 aromatic rings. The molecular weight excluding hydrogens is 184 g/mol. The number of hydrogen-bond acceptors (Lipinski definition) is 4. The van der Waals surface area contributed by atoms with Gasteiger partial charge in [0.25, 0.3) is 0 Å². The lowest BCUT2D eigenvalue weighted by Crippen LogP contribution is -2.48. The van der Waals surface area contributed by atoms with E-state index in [1.54, 1.807) is 0 Å². The Morgan fingerprint density at radius 2 is 2.08 bits per heavy atom. The van der Waals surface area contributed by atoms with E-state index in [1.807, 2.05) is 11.8 Å². The molecule has 0 aliphatic carbocycles. The second-order valence-corrected chi connectivity index (χ2v) is 4.72. The topological polar surface area (TPSA) is 24.5 Å². The molecular formula is C9H18N2OS. The van der Waals surface area contributed by atoms with Crippen LogP contribution in [0.2, 0.25) is 0 Å². The van der Waals surface area contributed by atoms with E-state index < -0.39 is 0 Å². The van der Waals surface area contributed by atoms with Gasteiger partial charge in [-0.15, -0.1) is 0 Å². The molecule has 2 fully saturated rings. The lowest BCUT2D eigenvalue weighted by molar-refractivity contribution is 0.0215. The third-order valence-corrected chi connectivity index (χ3v) is 4.03. The number of morpholine rings is 1. The monoisotopic (exact) mass is 202 g/mol. The van der Waals surface area contributed by atoms with E-state index in [1.165, 1.54) is 6.54 Å². The molecule has 2 rings (SSSR count).